The number of benzene rings is 1. The number of ether oxygens (including phenoxy) is 1. The van der Waals surface area contributed by atoms with E-state index in [2.05, 4.69) is 26.7 Å². The van der Waals surface area contributed by atoms with Gasteiger partial charge in [0.25, 0.3) is 0 Å². The molecular formula is C27H32ClN7O3. The van der Waals surface area contributed by atoms with Gasteiger partial charge in [-0.3, -0.25) is 4.68 Å². The topological polar surface area (TPSA) is 114 Å². The van der Waals surface area contributed by atoms with E-state index < -0.39 is 6.10 Å². The lowest BCUT2D eigenvalue weighted by Crippen LogP contribution is -2.31. The van der Waals surface area contributed by atoms with Gasteiger partial charge < -0.3 is 24.6 Å². The van der Waals surface area contributed by atoms with Crippen molar-refractivity contribution in [2.45, 2.75) is 39.8 Å². The summed E-state index contributed by atoms with van der Waals surface area (Å²) < 4.78 is 13.2. The third-order valence-electron chi connectivity index (χ3n) is 6.72. The average Bonchev–Trinajstić information content (AvgIpc) is 3.43. The molecule has 5 rings (SSSR count). The number of aryl methyl sites for hydroxylation is 3. The Morgan fingerprint density at radius 1 is 1.24 bits per heavy atom. The Labute approximate surface area is 226 Å². The van der Waals surface area contributed by atoms with E-state index >= 15 is 0 Å². The Hall–Kier alpha value is -3.47. The molecule has 10 nitrogen and oxygen atoms in total. The molecule has 4 heterocycles. The van der Waals surface area contributed by atoms with Crippen LogP contribution in [0.2, 0.25) is 5.02 Å². The minimum atomic E-state index is -0.635. The first-order valence-corrected chi connectivity index (χ1v) is 13.0. The largest absolute Gasteiger partial charge is 0.491 e. The highest BCUT2D eigenvalue weighted by atomic mass is 35.5. The van der Waals surface area contributed by atoms with Crippen LogP contribution >= 0.6 is 11.6 Å². The van der Waals surface area contributed by atoms with E-state index in [9.17, 15) is 5.11 Å². The Balaban J connectivity index is 1.60. The molecule has 0 bridgehead atoms. The van der Waals surface area contributed by atoms with E-state index in [1.807, 2.05) is 38.6 Å². The molecule has 2 N–H and O–H groups in total. The summed E-state index contributed by atoms with van der Waals surface area (Å²) in [6, 6.07) is 5.35. The number of aliphatic hydroxyl groups is 1. The second-order valence-electron chi connectivity index (χ2n) is 9.65. The molecule has 0 fully saturated rings. The molecule has 1 aromatic carbocycles. The van der Waals surface area contributed by atoms with E-state index in [1.54, 1.807) is 19.2 Å². The summed E-state index contributed by atoms with van der Waals surface area (Å²) >= 11 is 6.68. The first-order valence-electron chi connectivity index (χ1n) is 12.6. The minimum Gasteiger partial charge on any atom is -0.491 e. The summed E-state index contributed by atoms with van der Waals surface area (Å²) in [6.07, 6.45) is 2.26. The fourth-order valence-electron chi connectivity index (χ4n) is 4.88. The van der Waals surface area contributed by atoms with E-state index in [0.717, 1.165) is 47.0 Å². The van der Waals surface area contributed by atoms with Crippen molar-refractivity contribution in [3.63, 3.8) is 0 Å². The lowest BCUT2D eigenvalue weighted by atomic mass is 10.0. The van der Waals surface area contributed by atoms with Gasteiger partial charge in [0.15, 0.2) is 5.82 Å². The Bertz CT molecular complexity index is 1450. The van der Waals surface area contributed by atoms with Crippen molar-refractivity contribution in [1.82, 2.24) is 30.2 Å². The molecule has 0 radical (unpaired) electrons. The lowest BCUT2D eigenvalue weighted by molar-refractivity contribution is 0.108. The number of anilines is 1. The molecule has 200 valence electrons. The molecule has 3 aromatic heterocycles. The number of nitrogens with one attached hydrogen (secondary N) is 1. The van der Waals surface area contributed by atoms with E-state index in [-0.39, 0.29) is 6.61 Å². The van der Waals surface area contributed by atoms with Crippen LogP contribution in [0.25, 0.3) is 22.6 Å². The molecule has 1 atom stereocenters. The van der Waals surface area contributed by atoms with Crippen LogP contribution in [0.5, 0.6) is 5.75 Å². The van der Waals surface area contributed by atoms with Crippen molar-refractivity contribution in [1.29, 1.82) is 0 Å². The summed E-state index contributed by atoms with van der Waals surface area (Å²) in [6.45, 7) is 7.88. The van der Waals surface area contributed by atoms with Crippen molar-refractivity contribution >= 4 is 17.4 Å². The highest BCUT2D eigenvalue weighted by Gasteiger charge is 2.27. The molecule has 0 unspecified atom stereocenters. The molecule has 1 aliphatic rings. The second kappa shape index (κ2) is 10.7. The van der Waals surface area contributed by atoms with Gasteiger partial charge in [0.2, 0.25) is 0 Å². The van der Waals surface area contributed by atoms with Crippen LogP contribution in [0, 0.1) is 20.8 Å². The summed E-state index contributed by atoms with van der Waals surface area (Å²) in [5, 5.41) is 22.3. The van der Waals surface area contributed by atoms with Crippen LogP contribution in [-0.2, 0) is 20.0 Å². The maximum atomic E-state index is 10.1. The number of likely N-dealkylation sites (N-methyl/N-ethyl adjacent to an activating group) is 1. The molecule has 1 aliphatic heterocycles. The van der Waals surface area contributed by atoms with Crippen LogP contribution in [0.3, 0.4) is 0 Å². The predicted octanol–water partition coefficient (Wildman–Crippen LogP) is 3.63. The van der Waals surface area contributed by atoms with Crippen molar-refractivity contribution < 1.29 is 14.4 Å². The van der Waals surface area contributed by atoms with Crippen molar-refractivity contribution in [3.8, 4) is 28.4 Å². The maximum Gasteiger partial charge on any atom is 0.163 e. The van der Waals surface area contributed by atoms with Crippen LogP contribution < -0.4 is 15.0 Å². The Kier molecular flexibility index (Phi) is 7.38. The number of fused-ring (bicyclic) bond motifs is 1. The number of hydrogen-bond acceptors (Lipinski definition) is 9. The highest BCUT2D eigenvalue weighted by molar-refractivity contribution is 6.33. The van der Waals surface area contributed by atoms with Crippen molar-refractivity contribution in [3.05, 3.63) is 57.7 Å². The van der Waals surface area contributed by atoms with E-state index in [1.165, 1.54) is 5.56 Å². The number of hydrogen-bond donors (Lipinski definition) is 2. The van der Waals surface area contributed by atoms with Gasteiger partial charge in [-0.05, 0) is 46.0 Å². The zero-order chi connectivity index (χ0) is 27.0. The van der Waals surface area contributed by atoms with Gasteiger partial charge in [-0.15, -0.1) is 0 Å². The SMILES string of the molecule is CNC[C@@H](O)COc1ccc(Cl)c(-c2nc(-c3c(C)noc3C)c(C)c(N3CCc4nn(C)cc4C3)n2)c1. The van der Waals surface area contributed by atoms with Gasteiger partial charge in [0, 0.05) is 56.0 Å². The van der Waals surface area contributed by atoms with Gasteiger partial charge in [-0.1, -0.05) is 16.8 Å². The third-order valence-corrected chi connectivity index (χ3v) is 7.05. The molecular weight excluding hydrogens is 506 g/mol. The number of aliphatic hydroxyl groups excluding tert-OH is 1. The third kappa shape index (κ3) is 5.11. The molecule has 0 saturated heterocycles. The van der Waals surface area contributed by atoms with E-state index in [4.69, 9.17) is 30.8 Å². The molecule has 0 amide bonds. The van der Waals surface area contributed by atoms with Gasteiger partial charge in [0.05, 0.1) is 27.7 Å². The average molecular weight is 538 g/mol. The summed E-state index contributed by atoms with van der Waals surface area (Å²) in [5.74, 6) is 2.56. The van der Waals surface area contributed by atoms with Crippen molar-refractivity contribution in [2.24, 2.45) is 7.05 Å². The fraction of sp³-hybridized carbons (Fsp3) is 0.407. The number of aromatic nitrogens is 5. The molecule has 4 aromatic rings. The number of nitrogens with zero attached hydrogens (tertiary/aromatic N) is 6. The predicted molar refractivity (Wildman–Crippen MR) is 146 cm³/mol. The molecule has 0 saturated carbocycles. The lowest BCUT2D eigenvalue weighted by Gasteiger charge is -2.29. The standard InChI is InChI=1S/C27H32ClN7O3/c1-15-25(24-16(2)33-38-17(24)3)30-26(21-10-20(6-7-22(21)28)37-14-19(36)11-29-4)31-27(15)35-9-8-23-18(13-35)12-34(5)32-23/h6-7,10,12,19,29,36H,8-9,11,13-14H2,1-5H3/t19-/m1/s1. The van der Waals surface area contributed by atoms with Crippen LogP contribution in [0.1, 0.15) is 28.3 Å². The quantitative estimate of drug-likeness (QED) is 0.347. The zero-order valence-electron chi connectivity index (χ0n) is 22.2. The molecule has 0 aliphatic carbocycles. The summed E-state index contributed by atoms with van der Waals surface area (Å²) in [7, 11) is 3.73. The summed E-state index contributed by atoms with van der Waals surface area (Å²) in [4.78, 5) is 12.3. The van der Waals surface area contributed by atoms with Crippen molar-refractivity contribution in [2.75, 3.05) is 31.6 Å². The molecule has 38 heavy (non-hydrogen) atoms. The highest BCUT2D eigenvalue weighted by Crippen LogP contribution is 2.38. The first-order chi connectivity index (χ1) is 18.2. The molecule has 11 heteroatoms. The normalized spacial score (nSPS) is 14.0. The Morgan fingerprint density at radius 3 is 2.79 bits per heavy atom. The maximum absolute atomic E-state index is 10.1. The minimum absolute atomic E-state index is 0.146. The molecule has 0 spiro atoms. The van der Waals surface area contributed by atoms with Gasteiger partial charge >= 0.3 is 0 Å². The van der Waals surface area contributed by atoms with Gasteiger partial charge in [0.1, 0.15) is 30.0 Å². The van der Waals surface area contributed by atoms with Crippen LogP contribution in [-0.4, -0.2) is 62.9 Å². The Morgan fingerprint density at radius 2 is 2.05 bits per heavy atom. The number of halogens is 1. The zero-order valence-corrected chi connectivity index (χ0v) is 23.0. The van der Waals surface area contributed by atoms with E-state index in [0.29, 0.717) is 41.0 Å². The monoisotopic (exact) mass is 537 g/mol. The smallest absolute Gasteiger partial charge is 0.163 e. The van der Waals surface area contributed by atoms with Gasteiger partial charge in [-0.25, -0.2) is 9.97 Å². The van der Waals surface area contributed by atoms with Gasteiger partial charge in [-0.2, -0.15) is 5.10 Å². The summed E-state index contributed by atoms with van der Waals surface area (Å²) in [5.41, 5.74) is 6.25. The number of rotatable bonds is 8. The first kappa shape index (κ1) is 26.1. The van der Waals surface area contributed by atoms with Crippen LogP contribution in [0.4, 0.5) is 5.82 Å². The van der Waals surface area contributed by atoms with Crippen LogP contribution in [0.15, 0.2) is 28.9 Å². The fourth-order valence-corrected chi connectivity index (χ4v) is 5.08. The second-order valence-corrected chi connectivity index (χ2v) is 10.1.